The number of likely N-dealkylation sites (tertiary alicyclic amines) is 1. The number of anilines is 1. The topological polar surface area (TPSA) is 94.9 Å². The van der Waals surface area contributed by atoms with Crippen molar-refractivity contribution in [3.63, 3.8) is 0 Å². The van der Waals surface area contributed by atoms with Crippen molar-refractivity contribution in [2.75, 3.05) is 44.7 Å². The summed E-state index contributed by atoms with van der Waals surface area (Å²) in [6, 6.07) is 6.60. The zero-order valence-electron chi connectivity index (χ0n) is 24.2. The number of benzene rings is 2. The maximum atomic E-state index is 16.6. The van der Waals surface area contributed by atoms with E-state index in [1.165, 1.54) is 30.3 Å². The van der Waals surface area contributed by atoms with Crippen LogP contribution in [-0.4, -0.2) is 99.7 Å². The fraction of sp³-hybridized carbons (Fsp3) is 0.419. The summed E-state index contributed by atoms with van der Waals surface area (Å²) in [6.07, 6.45) is -0.533. The molecular formula is C31H29ClF4N6O3. The lowest BCUT2D eigenvalue weighted by Crippen LogP contribution is -2.43. The van der Waals surface area contributed by atoms with Crippen molar-refractivity contribution >= 4 is 45.2 Å². The molecule has 4 aromatic rings. The second-order valence-corrected chi connectivity index (χ2v) is 12.4. The molecule has 9 nitrogen and oxygen atoms in total. The molecular weight excluding hydrogens is 616 g/mol. The van der Waals surface area contributed by atoms with Crippen LogP contribution in [0.1, 0.15) is 19.3 Å². The van der Waals surface area contributed by atoms with Crippen molar-refractivity contribution in [3.05, 3.63) is 53.2 Å². The Hall–Kier alpha value is -3.97. The van der Waals surface area contributed by atoms with Crippen LogP contribution >= 0.6 is 11.6 Å². The van der Waals surface area contributed by atoms with Crippen molar-refractivity contribution in [2.24, 2.45) is 0 Å². The molecule has 3 saturated heterocycles. The number of hydrogen-bond acceptors (Lipinski definition) is 7. The average Bonchev–Trinajstić information content (AvgIpc) is 3.69. The van der Waals surface area contributed by atoms with Gasteiger partial charge in [0.15, 0.2) is 5.82 Å². The SMILES string of the molecule is CN(c1nc(OC[C@@]23CCCN2C[C@H](F)C3)nc2c(F)c(-c3cccc4ccc(F)c(Cl)c34)ncc12)[C@H]1CN(C(=O)O)C[C@@H]1F. The largest absolute Gasteiger partial charge is 0.465 e. The van der Waals surface area contributed by atoms with Gasteiger partial charge in [-0.2, -0.15) is 9.97 Å². The minimum Gasteiger partial charge on any atom is -0.465 e. The number of rotatable bonds is 6. The van der Waals surface area contributed by atoms with Gasteiger partial charge < -0.3 is 19.6 Å². The third-order valence-corrected chi connectivity index (χ3v) is 9.76. The second kappa shape index (κ2) is 11.1. The predicted octanol–water partition coefficient (Wildman–Crippen LogP) is 5.87. The highest BCUT2D eigenvalue weighted by Gasteiger charge is 2.49. The lowest BCUT2D eigenvalue weighted by Gasteiger charge is -2.31. The van der Waals surface area contributed by atoms with E-state index in [1.807, 2.05) is 0 Å². The molecule has 5 heterocycles. The van der Waals surface area contributed by atoms with Crippen molar-refractivity contribution in [1.29, 1.82) is 0 Å². The predicted molar refractivity (Wildman–Crippen MR) is 160 cm³/mol. The van der Waals surface area contributed by atoms with Crippen LogP contribution in [0.2, 0.25) is 5.02 Å². The van der Waals surface area contributed by atoms with Gasteiger partial charge in [0, 0.05) is 43.7 Å². The molecule has 0 unspecified atom stereocenters. The molecule has 2 aromatic heterocycles. The Kier molecular flexibility index (Phi) is 7.35. The molecule has 14 heteroatoms. The van der Waals surface area contributed by atoms with Gasteiger partial charge in [-0.05, 0) is 30.8 Å². The molecule has 3 aliphatic heterocycles. The molecule has 1 N–H and O–H groups in total. The Bertz CT molecular complexity index is 1830. The molecule has 4 atom stereocenters. The molecule has 3 fully saturated rings. The van der Waals surface area contributed by atoms with E-state index in [4.69, 9.17) is 16.3 Å². The standard InChI is InChI=1S/C31H29ClF4N6O3/c1-40(22-14-41(30(43)44)13-21(22)35)28-19-11-37-26(18-5-2-4-16-6-7-20(34)24(32)23(16)18)25(36)27(19)38-29(39-28)45-15-31-8-3-9-42(31)12-17(33)10-31/h2,4-7,11,17,21-22H,3,8-10,12-15H2,1H3,(H,43,44)/t17-,21+,22+,31+/m1/s1. The summed E-state index contributed by atoms with van der Waals surface area (Å²) in [4.78, 5) is 29.4. The molecule has 0 spiro atoms. The van der Waals surface area contributed by atoms with Gasteiger partial charge >= 0.3 is 12.1 Å². The van der Waals surface area contributed by atoms with Gasteiger partial charge in [0.05, 0.1) is 28.5 Å². The number of halogens is 5. The highest BCUT2D eigenvalue weighted by molar-refractivity contribution is 6.36. The summed E-state index contributed by atoms with van der Waals surface area (Å²) >= 11 is 6.33. The van der Waals surface area contributed by atoms with Gasteiger partial charge in [-0.15, -0.1) is 0 Å². The Labute approximate surface area is 260 Å². The van der Waals surface area contributed by atoms with E-state index in [-0.39, 0.29) is 64.1 Å². The molecule has 0 aliphatic carbocycles. The molecule has 0 bridgehead atoms. The van der Waals surface area contributed by atoms with Crippen molar-refractivity contribution in [3.8, 4) is 17.3 Å². The zero-order valence-corrected chi connectivity index (χ0v) is 24.9. The number of alkyl halides is 2. The summed E-state index contributed by atoms with van der Waals surface area (Å²) < 4.78 is 66.7. The van der Waals surface area contributed by atoms with Crippen LogP contribution in [0.4, 0.5) is 28.2 Å². The molecule has 1 amide bonds. The number of carbonyl (C=O) groups is 1. The van der Waals surface area contributed by atoms with Crippen molar-refractivity contribution in [2.45, 2.75) is 43.2 Å². The van der Waals surface area contributed by atoms with E-state index in [1.54, 1.807) is 18.2 Å². The molecule has 45 heavy (non-hydrogen) atoms. The molecule has 236 valence electrons. The maximum Gasteiger partial charge on any atom is 0.407 e. The number of aromatic nitrogens is 3. The summed E-state index contributed by atoms with van der Waals surface area (Å²) in [5, 5.41) is 10.2. The third-order valence-electron chi connectivity index (χ3n) is 9.39. The number of nitrogens with zero attached hydrogens (tertiary/aromatic N) is 6. The minimum atomic E-state index is -1.55. The van der Waals surface area contributed by atoms with Crippen LogP contribution < -0.4 is 9.64 Å². The molecule has 0 saturated carbocycles. The monoisotopic (exact) mass is 644 g/mol. The van der Waals surface area contributed by atoms with Gasteiger partial charge in [0.1, 0.15) is 41.8 Å². The Morgan fingerprint density at radius 3 is 2.78 bits per heavy atom. The van der Waals surface area contributed by atoms with Gasteiger partial charge in [-0.3, -0.25) is 9.88 Å². The van der Waals surface area contributed by atoms with E-state index in [2.05, 4.69) is 19.9 Å². The van der Waals surface area contributed by atoms with Gasteiger partial charge in [-0.1, -0.05) is 35.9 Å². The number of hydrogen-bond donors (Lipinski definition) is 1. The molecule has 0 radical (unpaired) electrons. The summed E-state index contributed by atoms with van der Waals surface area (Å²) in [7, 11) is 1.54. The first-order valence-electron chi connectivity index (χ1n) is 14.7. The fourth-order valence-electron chi connectivity index (χ4n) is 7.12. The van der Waals surface area contributed by atoms with E-state index in [0.717, 1.165) is 24.3 Å². The molecule has 2 aromatic carbocycles. The first-order chi connectivity index (χ1) is 21.6. The van der Waals surface area contributed by atoms with Crippen LogP contribution in [0.5, 0.6) is 6.01 Å². The zero-order chi connectivity index (χ0) is 31.6. The minimum absolute atomic E-state index is 0.0712. The van der Waals surface area contributed by atoms with E-state index >= 15 is 8.78 Å². The summed E-state index contributed by atoms with van der Waals surface area (Å²) in [6.45, 7) is 0.663. The summed E-state index contributed by atoms with van der Waals surface area (Å²) in [5.74, 6) is -1.44. The first-order valence-corrected chi connectivity index (χ1v) is 15.0. The van der Waals surface area contributed by atoms with Crippen LogP contribution in [0.3, 0.4) is 0 Å². The fourth-order valence-corrected chi connectivity index (χ4v) is 7.40. The second-order valence-electron chi connectivity index (χ2n) is 12.0. The number of carboxylic acid groups (broad SMARTS) is 1. The third kappa shape index (κ3) is 4.96. The number of fused-ring (bicyclic) bond motifs is 3. The normalized spacial score (nSPS) is 24.9. The molecule has 7 rings (SSSR count). The van der Waals surface area contributed by atoms with Crippen LogP contribution in [0.15, 0.2) is 36.5 Å². The average molecular weight is 645 g/mol. The Morgan fingerprint density at radius 2 is 2.00 bits per heavy atom. The highest BCUT2D eigenvalue weighted by atomic mass is 35.5. The van der Waals surface area contributed by atoms with E-state index in [0.29, 0.717) is 18.4 Å². The van der Waals surface area contributed by atoms with Crippen molar-refractivity contribution < 1.29 is 32.2 Å². The van der Waals surface area contributed by atoms with Crippen LogP contribution in [-0.2, 0) is 0 Å². The number of pyridine rings is 1. The summed E-state index contributed by atoms with van der Waals surface area (Å²) in [5.41, 5.74) is -0.621. The lowest BCUT2D eigenvalue weighted by molar-refractivity contribution is 0.107. The number of likely N-dealkylation sites (N-methyl/N-ethyl adjacent to an activating group) is 1. The maximum absolute atomic E-state index is 16.6. The number of amides is 1. The highest BCUT2D eigenvalue weighted by Crippen LogP contribution is 2.42. The van der Waals surface area contributed by atoms with E-state index in [9.17, 15) is 18.7 Å². The lowest BCUT2D eigenvalue weighted by atomic mass is 9.95. The Morgan fingerprint density at radius 1 is 1.18 bits per heavy atom. The first kappa shape index (κ1) is 29.7. The quantitative estimate of drug-likeness (QED) is 0.261. The van der Waals surface area contributed by atoms with Crippen LogP contribution in [0.25, 0.3) is 32.9 Å². The van der Waals surface area contributed by atoms with Gasteiger partial charge in [-0.25, -0.2) is 22.4 Å². The molecule has 3 aliphatic rings. The van der Waals surface area contributed by atoms with Gasteiger partial charge in [0.25, 0.3) is 0 Å². The van der Waals surface area contributed by atoms with E-state index < -0.39 is 41.7 Å². The smallest absolute Gasteiger partial charge is 0.407 e. The number of ether oxygens (including phenoxy) is 1. The van der Waals surface area contributed by atoms with Gasteiger partial charge in [0.2, 0.25) is 0 Å². The van der Waals surface area contributed by atoms with Crippen molar-refractivity contribution in [1.82, 2.24) is 24.8 Å². The van der Waals surface area contributed by atoms with Crippen LogP contribution in [0, 0.1) is 11.6 Å². The Balaban J connectivity index is 1.35.